The molecule has 0 N–H and O–H groups in total. The van der Waals surface area contributed by atoms with Crippen molar-refractivity contribution in [2.45, 2.75) is 0 Å². The second-order valence-corrected chi connectivity index (χ2v) is 12.9. The van der Waals surface area contributed by atoms with Crippen LogP contribution >= 0.6 is 0 Å². The van der Waals surface area contributed by atoms with E-state index < -0.39 is 0 Å². The normalized spacial score (nSPS) is 13.4. The van der Waals surface area contributed by atoms with Crippen LogP contribution in [0.15, 0.2) is 0 Å². The van der Waals surface area contributed by atoms with E-state index >= 15 is 0 Å². The zero-order chi connectivity index (χ0) is 27.3. The van der Waals surface area contributed by atoms with Crippen molar-refractivity contribution in [2.75, 3.05) is 165 Å². The first kappa shape index (κ1) is 35.8. The summed E-state index contributed by atoms with van der Waals surface area (Å²) in [6.45, 7) is 8.90. The van der Waals surface area contributed by atoms with Crippen LogP contribution in [0, 0.1) is 10.8 Å². The van der Waals surface area contributed by atoms with Crippen molar-refractivity contribution in [1.29, 1.82) is 0 Å². The number of hydrogen-bond donors (Lipinski definition) is 0. The lowest BCUT2D eigenvalue weighted by atomic mass is 9.85. The van der Waals surface area contributed by atoms with E-state index in [-0.39, 0.29) is 0 Å². The first-order valence-electron chi connectivity index (χ1n) is 12.5. The van der Waals surface area contributed by atoms with Gasteiger partial charge in [0.2, 0.25) is 0 Å². The van der Waals surface area contributed by atoms with Gasteiger partial charge in [-0.3, -0.25) is 0 Å². The average Bonchev–Trinajstić information content (AvgIpc) is 2.48. The summed E-state index contributed by atoms with van der Waals surface area (Å²) in [5, 5.41) is 0. The van der Waals surface area contributed by atoms with Crippen LogP contribution in [0.1, 0.15) is 0 Å². The molecule has 0 spiro atoms. The van der Waals surface area contributed by atoms with Gasteiger partial charge in [-0.05, 0) is 113 Å². The van der Waals surface area contributed by atoms with E-state index in [9.17, 15) is 0 Å². The van der Waals surface area contributed by atoms with Gasteiger partial charge in [0.05, 0.1) is 0 Å². The van der Waals surface area contributed by atoms with Gasteiger partial charge in [0, 0.05) is 63.2 Å². The van der Waals surface area contributed by atoms with Gasteiger partial charge in [-0.2, -0.15) is 0 Å². The summed E-state index contributed by atoms with van der Waals surface area (Å²) < 4.78 is 0. The van der Waals surface area contributed by atoms with Crippen LogP contribution in [0.4, 0.5) is 0 Å². The first-order chi connectivity index (χ1) is 15.3. The van der Waals surface area contributed by atoms with Crippen molar-refractivity contribution < 1.29 is 0 Å². The lowest BCUT2D eigenvalue weighted by Gasteiger charge is -2.42. The molecule has 0 heterocycles. The van der Waals surface area contributed by atoms with Crippen LogP contribution in [0.2, 0.25) is 0 Å². The Morgan fingerprint density at radius 3 is 0.382 bits per heavy atom. The molecule has 0 rings (SSSR count). The molecule has 0 fully saturated rings. The highest BCUT2D eigenvalue weighted by Gasteiger charge is 2.34. The van der Waals surface area contributed by atoms with E-state index in [0.29, 0.717) is 10.8 Å². The third kappa shape index (κ3) is 18.9. The summed E-state index contributed by atoms with van der Waals surface area (Å²) in [4.78, 5) is 18.4. The fourth-order valence-electron chi connectivity index (χ4n) is 5.97. The zero-order valence-electron chi connectivity index (χ0n) is 26.2. The molecule has 0 aromatic carbocycles. The Kier molecular flexibility index (Phi) is 18.1. The van der Waals surface area contributed by atoms with Crippen molar-refractivity contribution in [2.24, 2.45) is 10.8 Å². The van der Waals surface area contributed by atoms with Crippen molar-refractivity contribution in [3.05, 3.63) is 0 Å². The van der Waals surface area contributed by atoms with Crippen LogP contribution in [0.3, 0.4) is 0 Å². The molecule has 0 aliphatic carbocycles. The zero-order valence-corrected chi connectivity index (χ0v) is 26.2. The molecule has 8 nitrogen and oxygen atoms in total. The molecule has 0 aromatic rings. The van der Waals surface area contributed by atoms with E-state index in [2.05, 4.69) is 152 Å². The SMILES string of the molecule is CN(C)CC(CN(C)C)(CN(C)C)CN(C)C.CN(C)CC(CN(C)C)(CN(C)C)CN(C)C. The van der Waals surface area contributed by atoms with Gasteiger partial charge in [-0.25, -0.2) is 0 Å². The van der Waals surface area contributed by atoms with Crippen LogP contribution < -0.4 is 0 Å². The third-order valence-electron chi connectivity index (χ3n) is 5.21. The van der Waals surface area contributed by atoms with Gasteiger partial charge in [0.15, 0.2) is 0 Å². The van der Waals surface area contributed by atoms with E-state index in [1.54, 1.807) is 0 Å². The third-order valence-corrected chi connectivity index (χ3v) is 5.21. The molecule has 0 atom stereocenters. The minimum atomic E-state index is 0.292. The lowest BCUT2D eigenvalue weighted by Crippen LogP contribution is -2.53. The summed E-state index contributed by atoms with van der Waals surface area (Å²) in [7, 11) is 34.6. The molecular formula is C26H64N8. The fourth-order valence-corrected chi connectivity index (χ4v) is 5.97. The van der Waals surface area contributed by atoms with Gasteiger partial charge >= 0.3 is 0 Å². The Morgan fingerprint density at radius 1 is 0.235 bits per heavy atom. The average molecular weight is 489 g/mol. The van der Waals surface area contributed by atoms with Crippen molar-refractivity contribution in [1.82, 2.24) is 39.2 Å². The van der Waals surface area contributed by atoms with Crippen LogP contribution in [-0.4, -0.2) is 204 Å². The Balaban J connectivity index is 0. The summed E-state index contributed by atoms with van der Waals surface area (Å²) in [6.07, 6.45) is 0. The van der Waals surface area contributed by atoms with Crippen LogP contribution in [-0.2, 0) is 0 Å². The maximum Gasteiger partial charge on any atom is 0.0211 e. The molecule has 0 aromatic heterocycles. The van der Waals surface area contributed by atoms with Crippen molar-refractivity contribution in [3.8, 4) is 0 Å². The summed E-state index contributed by atoms with van der Waals surface area (Å²) in [5.41, 5.74) is 0.583. The molecular weight excluding hydrogens is 424 g/mol. The second kappa shape index (κ2) is 17.2. The van der Waals surface area contributed by atoms with Gasteiger partial charge in [0.25, 0.3) is 0 Å². The Morgan fingerprint density at radius 2 is 0.324 bits per heavy atom. The molecule has 8 heteroatoms. The molecule has 208 valence electrons. The topological polar surface area (TPSA) is 25.9 Å². The fraction of sp³-hybridized carbons (Fsp3) is 1.00. The molecule has 0 unspecified atom stereocenters. The molecule has 0 aliphatic heterocycles. The second-order valence-electron chi connectivity index (χ2n) is 12.9. The molecule has 0 aliphatic rings. The minimum Gasteiger partial charge on any atom is -0.309 e. The van der Waals surface area contributed by atoms with Gasteiger partial charge < -0.3 is 39.2 Å². The van der Waals surface area contributed by atoms with Crippen LogP contribution in [0.5, 0.6) is 0 Å². The molecule has 0 saturated carbocycles. The predicted molar refractivity (Wildman–Crippen MR) is 153 cm³/mol. The molecule has 0 radical (unpaired) electrons. The number of hydrogen-bond acceptors (Lipinski definition) is 8. The van der Waals surface area contributed by atoms with Crippen LogP contribution in [0.25, 0.3) is 0 Å². The summed E-state index contributed by atoms with van der Waals surface area (Å²) >= 11 is 0. The van der Waals surface area contributed by atoms with Crippen molar-refractivity contribution in [3.63, 3.8) is 0 Å². The highest BCUT2D eigenvalue weighted by molar-refractivity contribution is 4.89. The van der Waals surface area contributed by atoms with Crippen molar-refractivity contribution >= 4 is 0 Å². The Labute approximate surface area is 215 Å². The Bertz CT molecular complexity index is 352. The first-order valence-corrected chi connectivity index (χ1v) is 12.5. The molecule has 0 amide bonds. The maximum atomic E-state index is 2.30. The highest BCUT2D eigenvalue weighted by Crippen LogP contribution is 2.22. The van der Waals surface area contributed by atoms with E-state index in [1.807, 2.05) is 0 Å². The molecule has 0 saturated heterocycles. The van der Waals surface area contributed by atoms with Gasteiger partial charge in [-0.1, -0.05) is 0 Å². The smallest absolute Gasteiger partial charge is 0.0211 e. The highest BCUT2D eigenvalue weighted by atomic mass is 15.2. The minimum absolute atomic E-state index is 0.292. The summed E-state index contributed by atoms with van der Waals surface area (Å²) in [6, 6.07) is 0. The van der Waals surface area contributed by atoms with E-state index in [1.165, 1.54) is 0 Å². The molecule has 0 bridgehead atoms. The summed E-state index contributed by atoms with van der Waals surface area (Å²) in [5.74, 6) is 0. The van der Waals surface area contributed by atoms with E-state index in [4.69, 9.17) is 0 Å². The largest absolute Gasteiger partial charge is 0.309 e. The van der Waals surface area contributed by atoms with Gasteiger partial charge in [-0.15, -0.1) is 0 Å². The van der Waals surface area contributed by atoms with E-state index in [0.717, 1.165) is 52.4 Å². The standard InChI is InChI=1S/2C13H32N4/c2*1-14(2)9-13(10-15(3)4,11-16(5)6)12-17(7)8/h2*9-12H2,1-8H3. The molecule has 34 heavy (non-hydrogen) atoms. The maximum absolute atomic E-state index is 2.30. The Hall–Kier alpha value is -0.320. The lowest BCUT2D eigenvalue weighted by molar-refractivity contribution is 0.0758. The number of rotatable bonds is 16. The quantitative estimate of drug-likeness (QED) is 0.309. The number of nitrogens with zero attached hydrogens (tertiary/aromatic N) is 8. The monoisotopic (exact) mass is 489 g/mol. The van der Waals surface area contributed by atoms with Gasteiger partial charge in [0.1, 0.15) is 0 Å². The predicted octanol–water partition coefficient (Wildman–Crippen LogP) is 0.438.